The maximum Gasteiger partial charge on any atom is 0.217 e. The molecule has 98 valence electrons. The van der Waals surface area contributed by atoms with Crippen LogP contribution in [0.15, 0.2) is 18.2 Å². The summed E-state index contributed by atoms with van der Waals surface area (Å²) in [6.07, 6.45) is 1.03. The Morgan fingerprint density at radius 2 is 2.33 bits per heavy atom. The number of amides is 1. The largest absolute Gasteiger partial charge is 0.399 e. The first-order chi connectivity index (χ1) is 8.56. The molecule has 1 fully saturated rings. The van der Waals surface area contributed by atoms with Crippen molar-refractivity contribution in [3.05, 3.63) is 29.3 Å². The molecular weight excluding hydrogens is 226 g/mol. The van der Waals surface area contributed by atoms with Gasteiger partial charge in [0.25, 0.3) is 0 Å². The van der Waals surface area contributed by atoms with Crippen LogP contribution in [0.2, 0.25) is 0 Å². The van der Waals surface area contributed by atoms with E-state index in [4.69, 9.17) is 5.73 Å². The van der Waals surface area contributed by atoms with Crippen LogP contribution in [-0.2, 0) is 11.3 Å². The Bertz CT molecular complexity index is 445. The number of nitrogens with two attached hydrogens (primary N) is 1. The minimum Gasteiger partial charge on any atom is -0.399 e. The van der Waals surface area contributed by atoms with E-state index in [2.05, 4.69) is 23.2 Å². The first-order valence-corrected chi connectivity index (χ1v) is 6.39. The molecule has 0 radical (unpaired) electrons. The van der Waals surface area contributed by atoms with Crippen molar-refractivity contribution in [3.63, 3.8) is 0 Å². The molecule has 0 saturated carbocycles. The van der Waals surface area contributed by atoms with Gasteiger partial charge in [-0.05, 0) is 30.5 Å². The molecule has 2 rings (SSSR count). The van der Waals surface area contributed by atoms with Crippen LogP contribution in [0.5, 0.6) is 0 Å². The van der Waals surface area contributed by atoms with Crippen molar-refractivity contribution in [1.82, 2.24) is 10.2 Å². The zero-order valence-electron chi connectivity index (χ0n) is 11.1. The Labute approximate surface area is 108 Å². The third-order valence-electron chi connectivity index (χ3n) is 3.56. The lowest BCUT2D eigenvalue weighted by Crippen LogP contribution is -2.35. The first kappa shape index (κ1) is 12.9. The molecule has 1 saturated heterocycles. The molecular formula is C14H21N3O. The fraction of sp³-hybridized carbons (Fsp3) is 0.500. The summed E-state index contributed by atoms with van der Waals surface area (Å²) in [6, 6.07) is 6.35. The quantitative estimate of drug-likeness (QED) is 0.791. The van der Waals surface area contributed by atoms with E-state index in [-0.39, 0.29) is 5.91 Å². The number of nitrogens with zero attached hydrogens (tertiary/aromatic N) is 1. The second-order valence-corrected chi connectivity index (χ2v) is 5.05. The molecule has 4 nitrogen and oxygen atoms in total. The van der Waals surface area contributed by atoms with E-state index in [0.717, 1.165) is 31.7 Å². The lowest BCUT2D eigenvalue weighted by Gasteiger charge is -2.18. The standard InChI is InChI=1S/C14H21N3O/c1-10-12(4-3-5-14(10)15)8-17-7-6-13(9-17)16-11(2)18/h3-5,13H,6-9,15H2,1-2H3,(H,16,18). The van der Waals surface area contributed by atoms with Crippen LogP contribution in [0.3, 0.4) is 0 Å². The molecule has 3 N–H and O–H groups in total. The Morgan fingerprint density at radius 3 is 3.06 bits per heavy atom. The molecule has 4 heteroatoms. The monoisotopic (exact) mass is 247 g/mol. The molecule has 1 heterocycles. The summed E-state index contributed by atoms with van der Waals surface area (Å²) >= 11 is 0. The predicted molar refractivity (Wildman–Crippen MR) is 73.1 cm³/mol. The molecule has 1 unspecified atom stereocenters. The van der Waals surface area contributed by atoms with Crippen LogP contribution in [0.1, 0.15) is 24.5 Å². The Kier molecular flexibility index (Phi) is 3.87. The van der Waals surface area contributed by atoms with Crippen molar-refractivity contribution in [2.75, 3.05) is 18.8 Å². The van der Waals surface area contributed by atoms with Crippen LogP contribution in [0, 0.1) is 6.92 Å². The van der Waals surface area contributed by atoms with E-state index in [9.17, 15) is 4.79 Å². The fourth-order valence-corrected chi connectivity index (χ4v) is 2.50. The molecule has 0 bridgehead atoms. The van der Waals surface area contributed by atoms with E-state index >= 15 is 0 Å². The molecule has 18 heavy (non-hydrogen) atoms. The van der Waals surface area contributed by atoms with Crippen molar-refractivity contribution in [2.24, 2.45) is 0 Å². The number of likely N-dealkylation sites (tertiary alicyclic amines) is 1. The van der Waals surface area contributed by atoms with Crippen molar-refractivity contribution in [1.29, 1.82) is 0 Å². The summed E-state index contributed by atoms with van der Waals surface area (Å²) in [6.45, 7) is 6.50. The summed E-state index contributed by atoms with van der Waals surface area (Å²) in [5, 5.41) is 2.98. The summed E-state index contributed by atoms with van der Waals surface area (Å²) in [7, 11) is 0. The molecule has 1 aromatic carbocycles. The molecule has 0 aromatic heterocycles. The summed E-state index contributed by atoms with van der Waals surface area (Å²) in [4.78, 5) is 13.4. The number of carbonyl (C=O) groups excluding carboxylic acids is 1. The summed E-state index contributed by atoms with van der Waals surface area (Å²) < 4.78 is 0. The number of carbonyl (C=O) groups is 1. The number of rotatable bonds is 3. The normalized spacial score (nSPS) is 20.0. The van der Waals surface area contributed by atoms with Gasteiger partial charge in [-0.1, -0.05) is 12.1 Å². The lowest BCUT2D eigenvalue weighted by atomic mass is 10.1. The predicted octanol–water partition coefficient (Wildman–Crippen LogP) is 1.29. The molecule has 1 aliphatic heterocycles. The maximum absolute atomic E-state index is 11.0. The van der Waals surface area contributed by atoms with Gasteiger partial charge in [0, 0.05) is 38.3 Å². The zero-order chi connectivity index (χ0) is 13.1. The van der Waals surface area contributed by atoms with E-state index in [1.807, 2.05) is 12.1 Å². The molecule has 1 aliphatic rings. The van der Waals surface area contributed by atoms with Gasteiger partial charge in [-0.25, -0.2) is 0 Å². The van der Waals surface area contributed by atoms with E-state index < -0.39 is 0 Å². The van der Waals surface area contributed by atoms with E-state index in [0.29, 0.717) is 6.04 Å². The third kappa shape index (κ3) is 3.01. The van der Waals surface area contributed by atoms with Crippen molar-refractivity contribution >= 4 is 11.6 Å². The second-order valence-electron chi connectivity index (χ2n) is 5.05. The van der Waals surface area contributed by atoms with Gasteiger partial charge in [0.05, 0.1) is 0 Å². The van der Waals surface area contributed by atoms with Gasteiger partial charge in [0.2, 0.25) is 5.91 Å². The zero-order valence-corrected chi connectivity index (χ0v) is 11.1. The highest BCUT2D eigenvalue weighted by Gasteiger charge is 2.23. The lowest BCUT2D eigenvalue weighted by molar-refractivity contribution is -0.119. The second kappa shape index (κ2) is 5.40. The van der Waals surface area contributed by atoms with Crippen LogP contribution < -0.4 is 11.1 Å². The SMILES string of the molecule is CC(=O)NC1CCN(Cc2cccc(N)c2C)C1. The fourth-order valence-electron chi connectivity index (χ4n) is 2.50. The van der Waals surface area contributed by atoms with Crippen LogP contribution >= 0.6 is 0 Å². The molecule has 0 spiro atoms. The van der Waals surface area contributed by atoms with Gasteiger partial charge in [-0.2, -0.15) is 0 Å². The van der Waals surface area contributed by atoms with Crippen molar-refractivity contribution in [2.45, 2.75) is 32.9 Å². The van der Waals surface area contributed by atoms with Crippen LogP contribution in [0.25, 0.3) is 0 Å². The van der Waals surface area contributed by atoms with E-state index in [1.165, 1.54) is 11.1 Å². The highest BCUT2D eigenvalue weighted by Crippen LogP contribution is 2.19. The highest BCUT2D eigenvalue weighted by atomic mass is 16.1. The molecule has 0 aliphatic carbocycles. The van der Waals surface area contributed by atoms with Gasteiger partial charge in [-0.15, -0.1) is 0 Å². The minimum absolute atomic E-state index is 0.0574. The number of hydrogen-bond donors (Lipinski definition) is 2. The molecule has 1 atom stereocenters. The van der Waals surface area contributed by atoms with E-state index in [1.54, 1.807) is 6.92 Å². The smallest absolute Gasteiger partial charge is 0.217 e. The topological polar surface area (TPSA) is 58.4 Å². The van der Waals surface area contributed by atoms with Gasteiger partial charge >= 0.3 is 0 Å². The highest BCUT2D eigenvalue weighted by molar-refractivity contribution is 5.73. The Hall–Kier alpha value is -1.55. The average Bonchev–Trinajstić information content (AvgIpc) is 2.71. The minimum atomic E-state index is 0.0574. The van der Waals surface area contributed by atoms with Gasteiger partial charge in [0.15, 0.2) is 0 Å². The molecule has 1 aromatic rings. The molecule has 1 amide bonds. The number of hydrogen-bond acceptors (Lipinski definition) is 3. The van der Waals surface area contributed by atoms with Gasteiger partial charge in [-0.3, -0.25) is 9.69 Å². The first-order valence-electron chi connectivity index (χ1n) is 6.39. The van der Waals surface area contributed by atoms with Crippen LogP contribution in [0.4, 0.5) is 5.69 Å². The Balaban J connectivity index is 1.95. The number of nitrogens with one attached hydrogen (secondary N) is 1. The average molecular weight is 247 g/mol. The van der Waals surface area contributed by atoms with Crippen molar-refractivity contribution < 1.29 is 4.79 Å². The van der Waals surface area contributed by atoms with Gasteiger partial charge < -0.3 is 11.1 Å². The summed E-state index contributed by atoms with van der Waals surface area (Å²) in [5.74, 6) is 0.0574. The summed E-state index contributed by atoms with van der Waals surface area (Å²) in [5.41, 5.74) is 9.21. The van der Waals surface area contributed by atoms with Crippen LogP contribution in [-0.4, -0.2) is 29.9 Å². The number of anilines is 1. The Morgan fingerprint density at radius 1 is 1.56 bits per heavy atom. The maximum atomic E-state index is 11.0. The van der Waals surface area contributed by atoms with Crippen molar-refractivity contribution in [3.8, 4) is 0 Å². The third-order valence-corrected chi connectivity index (χ3v) is 3.56. The van der Waals surface area contributed by atoms with Gasteiger partial charge in [0.1, 0.15) is 0 Å². The number of benzene rings is 1. The number of nitrogen functional groups attached to an aromatic ring is 1.